The average Bonchev–Trinajstić information content (AvgIpc) is 2.75. The second kappa shape index (κ2) is 8.14. The molecule has 3 aromatic rings. The molecule has 0 bridgehead atoms. The topological polar surface area (TPSA) is 91.3 Å². The average molecular weight is 411 g/mol. The molecule has 0 unspecified atom stereocenters. The predicted molar refractivity (Wildman–Crippen MR) is 112 cm³/mol. The molecule has 0 spiro atoms. The Bertz CT molecular complexity index is 1050. The van der Waals surface area contributed by atoms with Gasteiger partial charge >= 0.3 is 0 Å². The van der Waals surface area contributed by atoms with Crippen LogP contribution in [-0.4, -0.2) is 61.7 Å². The highest BCUT2D eigenvalue weighted by molar-refractivity contribution is 7.92. The normalized spacial score (nSPS) is 15.3. The Morgan fingerprint density at radius 1 is 0.931 bits per heavy atom. The van der Waals surface area contributed by atoms with Gasteiger partial charge in [-0.25, -0.2) is 8.42 Å². The second-order valence-corrected chi connectivity index (χ2v) is 8.62. The number of likely N-dealkylation sites (N-methyl/N-ethyl adjacent to an activating group) is 1. The fourth-order valence-corrected chi connectivity index (χ4v) is 4.13. The lowest BCUT2D eigenvalue weighted by Gasteiger charge is -2.32. The molecule has 29 heavy (non-hydrogen) atoms. The second-order valence-electron chi connectivity index (χ2n) is 6.94. The van der Waals surface area contributed by atoms with E-state index in [0.29, 0.717) is 5.69 Å². The third kappa shape index (κ3) is 4.52. The molecule has 0 amide bonds. The molecule has 150 valence electrons. The van der Waals surface area contributed by atoms with Crippen molar-refractivity contribution in [2.75, 3.05) is 42.8 Å². The minimum absolute atomic E-state index is 0.120. The smallest absolute Gasteiger partial charge is 0.263 e. The molecule has 0 radical (unpaired) electrons. The van der Waals surface area contributed by atoms with Crippen molar-refractivity contribution in [3.05, 3.63) is 60.9 Å². The summed E-state index contributed by atoms with van der Waals surface area (Å²) >= 11 is 0. The zero-order valence-corrected chi connectivity index (χ0v) is 16.9. The summed E-state index contributed by atoms with van der Waals surface area (Å²) in [6.45, 7) is 3.91. The molecule has 3 heterocycles. The van der Waals surface area contributed by atoms with Gasteiger partial charge in [0.25, 0.3) is 10.0 Å². The van der Waals surface area contributed by atoms with E-state index < -0.39 is 10.0 Å². The number of aromatic nitrogens is 3. The zero-order valence-electron chi connectivity index (χ0n) is 16.1. The number of anilines is 2. The van der Waals surface area contributed by atoms with Gasteiger partial charge in [0.2, 0.25) is 0 Å². The maximum Gasteiger partial charge on any atom is 0.263 e. The fourth-order valence-electron chi connectivity index (χ4n) is 3.11. The Labute approximate surface area is 170 Å². The predicted octanol–water partition coefficient (Wildman–Crippen LogP) is 2.09. The van der Waals surface area contributed by atoms with Crippen LogP contribution in [0.5, 0.6) is 0 Å². The van der Waals surface area contributed by atoms with Crippen molar-refractivity contribution in [1.82, 2.24) is 20.1 Å². The van der Waals surface area contributed by atoms with Crippen molar-refractivity contribution in [3.8, 4) is 11.3 Å². The van der Waals surface area contributed by atoms with Crippen molar-refractivity contribution in [2.45, 2.75) is 4.90 Å². The number of benzene rings is 1. The van der Waals surface area contributed by atoms with Crippen molar-refractivity contribution in [2.24, 2.45) is 0 Å². The minimum Gasteiger partial charge on any atom is -0.353 e. The molecule has 2 aromatic heterocycles. The van der Waals surface area contributed by atoms with Crippen LogP contribution in [0.1, 0.15) is 0 Å². The summed E-state index contributed by atoms with van der Waals surface area (Å²) in [6, 6.07) is 14.1. The lowest BCUT2D eigenvalue weighted by Crippen LogP contribution is -2.44. The van der Waals surface area contributed by atoms with E-state index in [1.54, 1.807) is 18.2 Å². The monoisotopic (exact) mass is 410 g/mol. The minimum atomic E-state index is -3.66. The highest BCUT2D eigenvalue weighted by Crippen LogP contribution is 2.22. The molecule has 0 saturated carbocycles. The molecule has 0 aliphatic carbocycles. The number of rotatable bonds is 5. The number of hydrogen-bond acceptors (Lipinski definition) is 7. The van der Waals surface area contributed by atoms with Crippen LogP contribution in [-0.2, 0) is 10.0 Å². The van der Waals surface area contributed by atoms with Crippen LogP contribution in [0.2, 0.25) is 0 Å². The number of nitrogens with zero attached hydrogens (tertiary/aromatic N) is 5. The SMILES string of the molecule is CN1CCN(c2ccc(-c3ccc(NS(=O)(=O)c4cccnc4)cc3)nn2)CC1. The molecular formula is C20H22N6O2S. The van der Waals surface area contributed by atoms with Gasteiger partial charge in [-0.3, -0.25) is 9.71 Å². The van der Waals surface area contributed by atoms with Crippen LogP contribution < -0.4 is 9.62 Å². The molecule has 1 aliphatic rings. The van der Waals surface area contributed by atoms with Crippen LogP contribution >= 0.6 is 0 Å². The first-order valence-electron chi connectivity index (χ1n) is 9.32. The van der Waals surface area contributed by atoms with E-state index in [1.165, 1.54) is 18.5 Å². The third-order valence-corrected chi connectivity index (χ3v) is 6.22. The molecule has 1 fully saturated rings. The molecule has 8 nitrogen and oxygen atoms in total. The molecular weight excluding hydrogens is 388 g/mol. The maximum atomic E-state index is 12.4. The van der Waals surface area contributed by atoms with Crippen LogP contribution in [0.15, 0.2) is 65.8 Å². The van der Waals surface area contributed by atoms with Gasteiger partial charge in [0, 0.05) is 49.8 Å². The quantitative estimate of drug-likeness (QED) is 0.689. The Kier molecular flexibility index (Phi) is 5.41. The highest BCUT2D eigenvalue weighted by Gasteiger charge is 2.16. The summed E-state index contributed by atoms with van der Waals surface area (Å²) in [5, 5.41) is 8.71. The summed E-state index contributed by atoms with van der Waals surface area (Å²) in [5.74, 6) is 0.878. The number of sulfonamides is 1. The lowest BCUT2D eigenvalue weighted by molar-refractivity contribution is 0.312. The van der Waals surface area contributed by atoms with Crippen LogP contribution in [0.3, 0.4) is 0 Å². The number of nitrogens with one attached hydrogen (secondary N) is 1. The molecule has 9 heteroatoms. The molecule has 1 aliphatic heterocycles. The summed E-state index contributed by atoms with van der Waals surface area (Å²) in [7, 11) is -1.54. The van der Waals surface area contributed by atoms with Gasteiger partial charge in [0.1, 0.15) is 4.90 Å². The first-order valence-corrected chi connectivity index (χ1v) is 10.8. The maximum absolute atomic E-state index is 12.4. The summed E-state index contributed by atoms with van der Waals surface area (Å²) in [5.41, 5.74) is 2.08. The number of hydrogen-bond donors (Lipinski definition) is 1. The van der Waals surface area contributed by atoms with E-state index in [2.05, 4.69) is 36.8 Å². The van der Waals surface area contributed by atoms with E-state index in [9.17, 15) is 8.42 Å². The molecule has 4 rings (SSSR count). The van der Waals surface area contributed by atoms with Gasteiger partial charge in [-0.05, 0) is 43.4 Å². The van der Waals surface area contributed by atoms with Crippen LogP contribution in [0.25, 0.3) is 11.3 Å². The molecule has 1 saturated heterocycles. The van der Waals surface area contributed by atoms with Gasteiger partial charge in [-0.2, -0.15) is 0 Å². The van der Waals surface area contributed by atoms with Gasteiger partial charge in [-0.15, -0.1) is 10.2 Å². The Balaban J connectivity index is 1.45. The molecule has 1 N–H and O–H groups in total. The molecule has 1 aromatic carbocycles. The molecule has 0 atom stereocenters. The largest absolute Gasteiger partial charge is 0.353 e. The van der Waals surface area contributed by atoms with E-state index >= 15 is 0 Å². The van der Waals surface area contributed by atoms with Gasteiger partial charge < -0.3 is 9.80 Å². The lowest BCUT2D eigenvalue weighted by atomic mass is 10.1. The van der Waals surface area contributed by atoms with Crippen molar-refractivity contribution >= 4 is 21.5 Å². The number of pyridine rings is 1. The van der Waals surface area contributed by atoms with E-state index in [0.717, 1.165) is 43.3 Å². The van der Waals surface area contributed by atoms with Gasteiger partial charge in [0.05, 0.1) is 5.69 Å². The Morgan fingerprint density at radius 3 is 2.31 bits per heavy atom. The summed E-state index contributed by atoms with van der Waals surface area (Å²) in [4.78, 5) is 8.49. The van der Waals surface area contributed by atoms with Crippen molar-refractivity contribution in [3.63, 3.8) is 0 Å². The van der Waals surface area contributed by atoms with Crippen LogP contribution in [0.4, 0.5) is 11.5 Å². The summed E-state index contributed by atoms with van der Waals surface area (Å²) in [6.07, 6.45) is 2.85. The van der Waals surface area contributed by atoms with E-state index in [4.69, 9.17) is 0 Å². The fraction of sp³-hybridized carbons (Fsp3) is 0.250. The van der Waals surface area contributed by atoms with Crippen molar-refractivity contribution in [1.29, 1.82) is 0 Å². The van der Waals surface area contributed by atoms with Crippen LogP contribution in [0, 0.1) is 0 Å². The standard InChI is InChI=1S/C20H22N6O2S/c1-25-11-13-26(14-12-25)20-9-8-19(22-23-20)16-4-6-17(7-5-16)24-29(27,28)18-3-2-10-21-15-18/h2-10,15,24H,11-14H2,1H3. The third-order valence-electron chi connectivity index (χ3n) is 4.86. The Hall–Kier alpha value is -3.04. The summed E-state index contributed by atoms with van der Waals surface area (Å²) < 4.78 is 27.3. The van der Waals surface area contributed by atoms with Gasteiger partial charge in [-0.1, -0.05) is 12.1 Å². The number of piperazine rings is 1. The van der Waals surface area contributed by atoms with Gasteiger partial charge in [0.15, 0.2) is 5.82 Å². The van der Waals surface area contributed by atoms with Crippen molar-refractivity contribution < 1.29 is 8.42 Å². The first kappa shape index (κ1) is 19.3. The van der Waals surface area contributed by atoms with E-state index in [1.807, 2.05) is 24.3 Å². The first-order chi connectivity index (χ1) is 14.0. The zero-order chi connectivity index (χ0) is 20.3. The highest BCUT2D eigenvalue weighted by atomic mass is 32.2. The Morgan fingerprint density at radius 2 is 1.69 bits per heavy atom. The van der Waals surface area contributed by atoms with E-state index in [-0.39, 0.29) is 4.90 Å².